The van der Waals surface area contributed by atoms with Crippen molar-refractivity contribution in [3.8, 4) is 0 Å². The van der Waals surface area contributed by atoms with Gasteiger partial charge in [-0.2, -0.15) is 0 Å². The minimum Gasteiger partial charge on any atom is -0.480 e. The average Bonchev–Trinajstić information content (AvgIpc) is 2.38. The number of ether oxygens (including phenoxy) is 1. The first-order valence-corrected chi connectivity index (χ1v) is 6.33. The maximum atomic E-state index is 11.9. The summed E-state index contributed by atoms with van der Waals surface area (Å²) < 4.78 is 4.85. The highest BCUT2D eigenvalue weighted by Crippen LogP contribution is 2.19. The number of likely N-dealkylation sites (tertiary alicyclic amines) is 1. The molecule has 0 aromatic heterocycles. The SMILES string of the molecule is COCCNC(=O)C(C)N1CCCCC1C(=O)O. The quantitative estimate of drug-likeness (QED) is 0.659. The molecule has 1 heterocycles. The molecule has 1 fully saturated rings. The monoisotopic (exact) mass is 258 g/mol. The Kier molecular flexibility index (Phi) is 6.07. The minimum atomic E-state index is -0.841. The molecule has 0 spiro atoms. The summed E-state index contributed by atoms with van der Waals surface area (Å²) in [5.74, 6) is -0.980. The van der Waals surface area contributed by atoms with Crippen LogP contribution in [0.1, 0.15) is 26.2 Å². The minimum absolute atomic E-state index is 0.139. The number of carboxylic acid groups (broad SMARTS) is 1. The van der Waals surface area contributed by atoms with E-state index in [1.54, 1.807) is 18.9 Å². The van der Waals surface area contributed by atoms with Gasteiger partial charge in [0.1, 0.15) is 6.04 Å². The Bertz CT molecular complexity index is 296. The first-order valence-electron chi connectivity index (χ1n) is 6.33. The third kappa shape index (κ3) is 3.96. The molecule has 6 nitrogen and oxygen atoms in total. The second kappa shape index (κ2) is 7.33. The molecule has 0 bridgehead atoms. The number of nitrogens with one attached hydrogen (secondary N) is 1. The zero-order valence-corrected chi connectivity index (χ0v) is 11.0. The van der Waals surface area contributed by atoms with Crippen molar-refractivity contribution >= 4 is 11.9 Å². The van der Waals surface area contributed by atoms with Crippen LogP contribution < -0.4 is 5.32 Å². The lowest BCUT2D eigenvalue weighted by atomic mass is 10.00. The summed E-state index contributed by atoms with van der Waals surface area (Å²) in [6.45, 7) is 3.32. The molecule has 2 atom stereocenters. The van der Waals surface area contributed by atoms with E-state index in [-0.39, 0.29) is 5.91 Å². The molecule has 1 rings (SSSR count). The van der Waals surface area contributed by atoms with Gasteiger partial charge in [0.25, 0.3) is 0 Å². The topological polar surface area (TPSA) is 78.9 Å². The van der Waals surface area contributed by atoms with Crippen molar-refractivity contribution in [3.63, 3.8) is 0 Å². The lowest BCUT2D eigenvalue weighted by Gasteiger charge is -2.36. The van der Waals surface area contributed by atoms with E-state index in [1.165, 1.54) is 0 Å². The molecule has 2 unspecified atom stereocenters. The van der Waals surface area contributed by atoms with Crippen LogP contribution >= 0.6 is 0 Å². The van der Waals surface area contributed by atoms with E-state index in [9.17, 15) is 9.59 Å². The van der Waals surface area contributed by atoms with Crippen LogP contribution in [0.2, 0.25) is 0 Å². The van der Waals surface area contributed by atoms with E-state index in [4.69, 9.17) is 9.84 Å². The Labute approximate surface area is 107 Å². The van der Waals surface area contributed by atoms with E-state index in [1.807, 2.05) is 0 Å². The summed E-state index contributed by atoms with van der Waals surface area (Å²) in [6.07, 6.45) is 2.47. The van der Waals surface area contributed by atoms with Crippen LogP contribution in [-0.2, 0) is 14.3 Å². The second-order valence-corrected chi connectivity index (χ2v) is 4.55. The molecule has 0 aromatic rings. The molecule has 1 saturated heterocycles. The van der Waals surface area contributed by atoms with Crippen molar-refractivity contribution in [3.05, 3.63) is 0 Å². The molecular formula is C12H22N2O4. The van der Waals surface area contributed by atoms with Gasteiger partial charge in [-0.3, -0.25) is 14.5 Å². The number of methoxy groups -OCH3 is 1. The third-order valence-corrected chi connectivity index (χ3v) is 3.31. The van der Waals surface area contributed by atoms with E-state index in [0.717, 1.165) is 12.8 Å². The van der Waals surface area contributed by atoms with Gasteiger partial charge in [-0.05, 0) is 26.3 Å². The molecule has 18 heavy (non-hydrogen) atoms. The Morgan fingerprint density at radius 3 is 2.83 bits per heavy atom. The molecule has 1 aliphatic rings. The number of nitrogens with zero attached hydrogens (tertiary/aromatic N) is 1. The Hall–Kier alpha value is -1.14. The van der Waals surface area contributed by atoms with Crippen LogP contribution in [0.4, 0.5) is 0 Å². The van der Waals surface area contributed by atoms with Gasteiger partial charge in [0.15, 0.2) is 0 Å². The lowest BCUT2D eigenvalue weighted by Crippen LogP contribution is -2.54. The van der Waals surface area contributed by atoms with Gasteiger partial charge in [0, 0.05) is 13.7 Å². The number of amides is 1. The molecule has 0 radical (unpaired) electrons. The van der Waals surface area contributed by atoms with Gasteiger partial charge >= 0.3 is 5.97 Å². The summed E-state index contributed by atoms with van der Waals surface area (Å²) in [4.78, 5) is 24.8. The molecule has 0 aliphatic carbocycles. The highest BCUT2D eigenvalue weighted by molar-refractivity contribution is 5.82. The highest BCUT2D eigenvalue weighted by Gasteiger charge is 2.34. The number of aliphatic carboxylic acids is 1. The largest absolute Gasteiger partial charge is 0.480 e. The number of hydrogen-bond acceptors (Lipinski definition) is 4. The molecule has 1 aliphatic heterocycles. The molecule has 6 heteroatoms. The fourth-order valence-electron chi connectivity index (χ4n) is 2.26. The summed E-state index contributed by atoms with van der Waals surface area (Å²) in [7, 11) is 1.57. The van der Waals surface area contributed by atoms with Crippen LogP contribution in [0, 0.1) is 0 Å². The van der Waals surface area contributed by atoms with Crippen LogP contribution in [0.15, 0.2) is 0 Å². The van der Waals surface area contributed by atoms with Gasteiger partial charge in [-0.1, -0.05) is 6.42 Å². The van der Waals surface area contributed by atoms with E-state index < -0.39 is 18.1 Å². The van der Waals surface area contributed by atoms with Crippen LogP contribution in [0.3, 0.4) is 0 Å². The summed E-state index contributed by atoms with van der Waals surface area (Å²) in [5, 5.41) is 11.9. The van der Waals surface area contributed by atoms with Gasteiger partial charge in [-0.15, -0.1) is 0 Å². The molecule has 0 aromatic carbocycles. The summed E-state index contributed by atoms with van der Waals surface area (Å²) in [5.41, 5.74) is 0. The number of carboxylic acids is 1. The summed E-state index contributed by atoms with van der Waals surface area (Å²) in [6, 6.07) is -0.954. The predicted octanol–water partition coefficient (Wildman–Crippen LogP) is 0.0766. The van der Waals surface area contributed by atoms with Crippen molar-refractivity contribution in [1.82, 2.24) is 10.2 Å². The highest BCUT2D eigenvalue weighted by atomic mass is 16.5. The average molecular weight is 258 g/mol. The smallest absolute Gasteiger partial charge is 0.320 e. The Morgan fingerprint density at radius 1 is 1.50 bits per heavy atom. The second-order valence-electron chi connectivity index (χ2n) is 4.55. The van der Waals surface area contributed by atoms with E-state index >= 15 is 0 Å². The van der Waals surface area contributed by atoms with Crippen molar-refractivity contribution in [1.29, 1.82) is 0 Å². The molecular weight excluding hydrogens is 236 g/mol. The van der Waals surface area contributed by atoms with Crippen molar-refractivity contribution in [2.75, 3.05) is 26.8 Å². The molecule has 2 N–H and O–H groups in total. The van der Waals surface area contributed by atoms with Crippen LogP contribution in [0.5, 0.6) is 0 Å². The van der Waals surface area contributed by atoms with Gasteiger partial charge in [-0.25, -0.2) is 0 Å². The molecule has 0 saturated carbocycles. The van der Waals surface area contributed by atoms with E-state index in [0.29, 0.717) is 26.1 Å². The van der Waals surface area contributed by atoms with E-state index in [2.05, 4.69) is 5.32 Å². The fourth-order valence-corrected chi connectivity index (χ4v) is 2.26. The number of hydrogen-bond donors (Lipinski definition) is 2. The third-order valence-electron chi connectivity index (χ3n) is 3.31. The normalized spacial score (nSPS) is 22.4. The fraction of sp³-hybridized carbons (Fsp3) is 0.833. The predicted molar refractivity (Wildman–Crippen MR) is 66.3 cm³/mol. The van der Waals surface area contributed by atoms with Crippen LogP contribution in [0.25, 0.3) is 0 Å². The lowest BCUT2D eigenvalue weighted by molar-refractivity contribution is -0.147. The van der Waals surface area contributed by atoms with Crippen molar-refractivity contribution in [2.45, 2.75) is 38.3 Å². The first kappa shape index (κ1) is 14.9. The number of piperidine rings is 1. The van der Waals surface area contributed by atoms with Crippen molar-refractivity contribution < 1.29 is 19.4 Å². The Balaban J connectivity index is 2.54. The molecule has 104 valence electrons. The maximum Gasteiger partial charge on any atom is 0.320 e. The number of rotatable bonds is 6. The van der Waals surface area contributed by atoms with Crippen molar-refractivity contribution in [2.24, 2.45) is 0 Å². The standard InChI is InChI=1S/C12H22N2O4/c1-9(11(15)13-6-8-18-2)14-7-4-3-5-10(14)12(16)17/h9-10H,3-8H2,1-2H3,(H,13,15)(H,16,17). The molecule has 1 amide bonds. The Morgan fingerprint density at radius 2 is 2.22 bits per heavy atom. The summed E-state index contributed by atoms with van der Waals surface area (Å²) >= 11 is 0. The maximum absolute atomic E-state index is 11.9. The van der Waals surface area contributed by atoms with Gasteiger partial charge in [0.05, 0.1) is 12.6 Å². The number of carbonyl (C=O) groups is 2. The van der Waals surface area contributed by atoms with Gasteiger partial charge < -0.3 is 15.2 Å². The first-order chi connectivity index (χ1) is 8.57. The zero-order chi connectivity index (χ0) is 13.5. The zero-order valence-electron chi connectivity index (χ0n) is 11.0. The van der Waals surface area contributed by atoms with Gasteiger partial charge in [0.2, 0.25) is 5.91 Å². The van der Waals surface area contributed by atoms with Crippen LogP contribution in [-0.4, -0.2) is 60.8 Å². The number of carbonyl (C=O) groups excluding carboxylic acids is 1.